The van der Waals surface area contributed by atoms with Crippen LogP contribution in [0.5, 0.6) is 0 Å². The van der Waals surface area contributed by atoms with Crippen LogP contribution >= 0.6 is 0 Å². The van der Waals surface area contributed by atoms with Crippen molar-refractivity contribution in [3.8, 4) is 0 Å². The highest BCUT2D eigenvalue weighted by molar-refractivity contribution is 7.91. The predicted molar refractivity (Wildman–Crippen MR) is 138 cm³/mol. The molecule has 0 heterocycles. The Kier molecular flexibility index (Phi) is 7.66. The Morgan fingerprint density at radius 3 is 2.34 bits per heavy atom. The van der Waals surface area contributed by atoms with Crippen LogP contribution in [0.3, 0.4) is 0 Å². The summed E-state index contributed by atoms with van der Waals surface area (Å²) >= 11 is 0. The molecule has 0 aliphatic heterocycles. The van der Waals surface area contributed by atoms with E-state index in [9.17, 15) is 18.0 Å². The zero-order valence-corrected chi connectivity index (χ0v) is 20.7. The van der Waals surface area contributed by atoms with Crippen molar-refractivity contribution >= 4 is 33.0 Å². The van der Waals surface area contributed by atoms with E-state index in [-0.39, 0.29) is 35.3 Å². The van der Waals surface area contributed by atoms with Gasteiger partial charge in [0.15, 0.2) is 9.84 Å². The highest BCUT2D eigenvalue weighted by Gasteiger charge is 2.20. The number of anilines is 2. The molecule has 0 radical (unpaired) electrons. The van der Waals surface area contributed by atoms with Gasteiger partial charge in [-0.25, -0.2) is 8.42 Å². The number of sulfone groups is 1. The minimum absolute atomic E-state index is 0.00718. The van der Waals surface area contributed by atoms with Crippen molar-refractivity contribution in [2.24, 2.45) is 0 Å². The Bertz CT molecular complexity index is 1300. The van der Waals surface area contributed by atoms with Gasteiger partial charge in [-0.2, -0.15) is 0 Å². The summed E-state index contributed by atoms with van der Waals surface area (Å²) in [4.78, 5) is 27.2. The Balaban J connectivity index is 1.30. The van der Waals surface area contributed by atoms with Crippen molar-refractivity contribution in [3.05, 3.63) is 89.5 Å². The lowest BCUT2D eigenvalue weighted by Gasteiger charge is -2.21. The zero-order chi connectivity index (χ0) is 24.8. The molecule has 3 aromatic rings. The van der Waals surface area contributed by atoms with Gasteiger partial charge in [-0.05, 0) is 79.3 Å². The summed E-state index contributed by atoms with van der Waals surface area (Å²) in [6.07, 6.45) is 3.08. The van der Waals surface area contributed by atoms with Crippen molar-refractivity contribution in [3.63, 3.8) is 0 Å². The number of para-hydroxylation sites is 1. The van der Waals surface area contributed by atoms with Crippen LogP contribution in [0.2, 0.25) is 0 Å². The van der Waals surface area contributed by atoms with Crippen molar-refractivity contribution in [2.45, 2.75) is 43.9 Å². The molecule has 0 saturated carbocycles. The number of nitrogens with one attached hydrogen (secondary N) is 1. The first-order chi connectivity index (χ1) is 16.9. The molecule has 0 atom stereocenters. The van der Waals surface area contributed by atoms with E-state index in [1.54, 1.807) is 41.3 Å². The number of rotatable bonds is 9. The number of nitrogens with zero attached hydrogens (tertiary/aromatic N) is 1. The van der Waals surface area contributed by atoms with Gasteiger partial charge in [-0.1, -0.05) is 36.4 Å². The highest BCUT2D eigenvalue weighted by atomic mass is 32.2. The summed E-state index contributed by atoms with van der Waals surface area (Å²) in [7, 11) is -3.53. The van der Waals surface area contributed by atoms with E-state index < -0.39 is 9.84 Å². The molecule has 1 aliphatic carbocycles. The van der Waals surface area contributed by atoms with E-state index in [2.05, 4.69) is 5.32 Å². The molecular weight excluding hydrogens is 460 g/mol. The third kappa shape index (κ3) is 6.17. The molecule has 1 aliphatic rings. The molecule has 0 bridgehead atoms. The van der Waals surface area contributed by atoms with Crippen molar-refractivity contribution in [1.82, 2.24) is 0 Å². The largest absolute Gasteiger partial charge is 0.326 e. The first-order valence-corrected chi connectivity index (χ1v) is 13.6. The third-order valence-electron chi connectivity index (χ3n) is 6.31. The summed E-state index contributed by atoms with van der Waals surface area (Å²) < 4.78 is 25.4. The van der Waals surface area contributed by atoms with Crippen molar-refractivity contribution in [2.75, 3.05) is 22.5 Å². The van der Waals surface area contributed by atoms with Crippen LogP contribution in [0.25, 0.3) is 0 Å². The molecule has 0 saturated heterocycles. The number of carbonyl (C=O) groups excluding carboxylic acids is 2. The number of aryl methyl sites for hydroxylation is 2. The van der Waals surface area contributed by atoms with Crippen LogP contribution in [0.15, 0.2) is 77.7 Å². The minimum Gasteiger partial charge on any atom is -0.326 e. The van der Waals surface area contributed by atoms with Crippen LogP contribution in [0.1, 0.15) is 36.5 Å². The maximum Gasteiger partial charge on any atom is 0.231 e. The van der Waals surface area contributed by atoms with E-state index >= 15 is 0 Å². The number of fused-ring (bicyclic) bond motifs is 1. The van der Waals surface area contributed by atoms with Crippen molar-refractivity contribution in [1.29, 1.82) is 0 Å². The molecule has 7 heteroatoms. The molecule has 0 aromatic heterocycles. The maximum atomic E-state index is 12.8. The average molecular weight is 491 g/mol. The van der Waals surface area contributed by atoms with Gasteiger partial charge in [0, 0.05) is 24.3 Å². The first kappa shape index (κ1) is 24.7. The predicted octanol–water partition coefficient (Wildman–Crippen LogP) is 4.57. The van der Waals surface area contributed by atoms with Gasteiger partial charge in [-0.15, -0.1) is 0 Å². The molecule has 0 unspecified atom stereocenters. The SMILES string of the molecule is CCN(C(=O)Cc1ccc(NC(=O)CCS(=O)(=O)c2ccc3c(c2)CCC3)cc1)c1ccccc1. The second-order valence-corrected chi connectivity index (χ2v) is 10.9. The van der Waals surface area contributed by atoms with Gasteiger partial charge < -0.3 is 10.2 Å². The molecule has 182 valence electrons. The molecule has 2 amide bonds. The topological polar surface area (TPSA) is 83.6 Å². The number of hydrogen-bond donors (Lipinski definition) is 1. The fraction of sp³-hybridized carbons (Fsp3) is 0.286. The molecule has 3 aromatic carbocycles. The lowest BCUT2D eigenvalue weighted by molar-refractivity contribution is -0.118. The first-order valence-electron chi connectivity index (χ1n) is 11.9. The molecule has 35 heavy (non-hydrogen) atoms. The molecule has 1 N–H and O–H groups in total. The van der Waals surface area contributed by atoms with E-state index in [1.807, 2.05) is 43.3 Å². The van der Waals surface area contributed by atoms with Gasteiger partial charge in [-0.3, -0.25) is 9.59 Å². The standard InChI is InChI=1S/C28H30N2O4S/c1-2-30(25-9-4-3-5-10-25)28(32)19-21-11-14-24(15-12-21)29-27(31)17-18-35(33,34)26-16-13-22-7-6-8-23(22)20-26/h3-5,9-16,20H,2,6-8,17-19H2,1H3,(H,29,31). The molecule has 0 fully saturated rings. The van der Waals surface area contributed by atoms with Crippen LogP contribution < -0.4 is 10.2 Å². The Morgan fingerprint density at radius 2 is 1.63 bits per heavy atom. The van der Waals surface area contributed by atoms with Crippen molar-refractivity contribution < 1.29 is 18.0 Å². The van der Waals surface area contributed by atoms with Crippen LogP contribution in [0.4, 0.5) is 11.4 Å². The summed E-state index contributed by atoms with van der Waals surface area (Å²) in [6.45, 7) is 2.51. The Morgan fingerprint density at radius 1 is 0.914 bits per heavy atom. The van der Waals surface area contributed by atoms with Gasteiger partial charge in [0.05, 0.1) is 17.1 Å². The van der Waals surface area contributed by atoms with Gasteiger partial charge in [0.2, 0.25) is 11.8 Å². The summed E-state index contributed by atoms with van der Waals surface area (Å²) in [5.74, 6) is -0.608. The van der Waals surface area contributed by atoms with E-state index in [0.717, 1.165) is 36.1 Å². The summed E-state index contributed by atoms with van der Waals surface area (Å²) in [5.41, 5.74) is 4.58. The molecular formula is C28H30N2O4S. The highest BCUT2D eigenvalue weighted by Crippen LogP contribution is 2.25. The molecule has 4 rings (SSSR count). The van der Waals surface area contributed by atoms with Gasteiger partial charge in [0.25, 0.3) is 0 Å². The van der Waals surface area contributed by atoms with E-state index in [0.29, 0.717) is 12.2 Å². The normalized spacial score (nSPS) is 12.7. The fourth-order valence-corrected chi connectivity index (χ4v) is 5.68. The number of amides is 2. The second kappa shape index (κ2) is 10.9. The van der Waals surface area contributed by atoms with E-state index in [4.69, 9.17) is 0 Å². The zero-order valence-electron chi connectivity index (χ0n) is 19.9. The van der Waals surface area contributed by atoms with Crippen LogP contribution in [-0.4, -0.2) is 32.5 Å². The fourth-order valence-electron chi connectivity index (χ4n) is 4.40. The minimum atomic E-state index is -3.53. The van der Waals surface area contributed by atoms with Gasteiger partial charge >= 0.3 is 0 Å². The van der Waals surface area contributed by atoms with Crippen LogP contribution in [0, 0.1) is 0 Å². The second-order valence-electron chi connectivity index (χ2n) is 8.75. The monoisotopic (exact) mass is 490 g/mol. The lowest BCUT2D eigenvalue weighted by atomic mass is 10.1. The summed E-state index contributed by atoms with van der Waals surface area (Å²) in [6, 6.07) is 21.9. The number of benzene rings is 3. The van der Waals surface area contributed by atoms with E-state index in [1.165, 1.54) is 5.56 Å². The Labute approximate surface area is 206 Å². The number of hydrogen-bond acceptors (Lipinski definition) is 4. The lowest BCUT2D eigenvalue weighted by Crippen LogP contribution is -2.31. The third-order valence-corrected chi connectivity index (χ3v) is 8.02. The smallest absolute Gasteiger partial charge is 0.231 e. The maximum absolute atomic E-state index is 12.8. The van der Waals surface area contributed by atoms with Crippen LogP contribution in [-0.2, 0) is 38.7 Å². The number of carbonyl (C=O) groups is 2. The average Bonchev–Trinajstić information content (AvgIpc) is 3.33. The Hall–Kier alpha value is -3.45. The molecule has 6 nitrogen and oxygen atoms in total. The summed E-state index contributed by atoms with van der Waals surface area (Å²) in [5, 5.41) is 2.75. The van der Waals surface area contributed by atoms with Gasteiger partial charge in [0.1, 0.15) is 0 Å². The molecule has 0 spiro atoms. The number of likely N-dealkylation sites (N-methyl/N-ethyl adjacent to an activating group) is 1. The quantitative estimate of drug-likeness (QED) is 0.476.